The van der Waals surface area contributed by atoms with Crippen molar-refractivity contribution < 1.29 is 18.3 Å². The number of rotatable bonds is 5. The first-order valence-electron chi connectivity index (χ1n) is 5.60. The van der Waals surface area contributed by atoms with Crippen LogP contribution in [-0.4, -0.2) is 18.8 Å². The van der Waals surface area contributed by atoms with E-state index in [1.807, 2.05) is 6.92 Å². The minimum absolute atomic E-state index is 0.131. The molecule has 0 bridgehead atoms. The fourth-order valence-electron chi connectivity index (χ4n) is 2.17. The van der Waals surface area contributed by atoms with Gasteiger partial charge in [0.05, 0.1) is 12.0 Å². The van der Waals surface area contributed by atoms with Gasteiger partial charge in [0.15, 0.2) is 0 Å². The SMILES string of the molecule is CCOc1ccc(C2(CC=O)CC2(F)F)cc1. The van der Waals surface area contributed by atoms with Crippen molar-refractivity contribution >= 4 is 6.29 Å². The van der Waals surface area contributed by atoms with E-state index >= 15 is 0 Å². The average Bonchev–Trinajstić information content (AvgIpc) is 2.84. The highest BCUT2D eigenvalue weighted by molar-refractivity contribution is 5.58. The third-order valence-corrected chi connectivity index (χ3v) is 3.25. The van der Waals surface area contributed by atoms with Gasteiger partial charge >= 0.3 is 0 Å². The molecule has 0 amide bonds. The van der Waals surface area contributed by atoms with Gasteiger partial charge in [0, 0.05) is 12.8 Å². The van der Waals surface area contributed by atoms with Gasteiger partial charge in [0.2, 0.25) is 0 Å². The maximum absolute atomic E-state index is 13.4. The molecule has 0 N–H and O–H groups in total. The number of ether oxygens (including phenoxy) is 1. The Bertz CT molecular complexity index is 414. The maximum atomic E-state index is 13.4. The van der Waals surface area contributed by atoms with E-state index in [2.05, 4.69) is 0 Å². The first kappa shape index (κ1) is 12.0. The molecule has 0 aliphatic heterocycles. The summed E-state index contributed by atoms with van der Waals surface area (Å²) in [6.07, 6.45) is 0.193. The Morgan fingerprint density at radius 1 is 1.35 bits per heavy atom. The van der Waals surface area contributed by atoms with Gasteiger partial charge in [0.25, 0.3) is 5.92 Å². The van der Waals surface area contributed by atoms with Crippen LogP contribution >= 0.6 is 0 Å². The molecule has 0 aromatic heterocycles. The number of hydrogen-bond donors (Lipinski definition) is 0. The number of hydrogen-bond acceptors (Lipinski definition) is 2. The molecule has 1 atom stereocenters. The number of benzene rings is 1. The van der Waals surface area contributed by atoms with Crippen molar-refractivity contribution in [1.29, 1.82) is 0 Å². The molecule has 1 fully saturated rings. The Hall–Kier alpha value is -1.45. The fourth-order valence-corrected chi connectivity index (χ4v) is 2.17. The third kappa shape index (κ3) is 1.92. The van der Waals surface area contributed by atoms with Crippen LogP contribution in [0, 0.1) is 0 Å². The molecule has 1 aliphatic rings. The Morgan fingerprint density at radius 3 is 2.35 bits per heavy atom. The van der Waals surface area contributed by atoms with Crippen LogP contribution in [0.2, 0.25) is 0 Å². The first-order valence-corrected chi connectivity index (χ1v) is 5.60. The van der Waals surface area contributed by atoms with E-state index in [9.17, 15) is 13.6 Å². The van der Waals surface area contributed by atoms with Crippen molar-refractivity contribution in [3.63, 3.8) is 0 Å². The van der Waals surface area contributed by atoms with Gasteiger partial charge in [0.1, 0.15) is 12.0 Å². The zero-order valence-corrected chi connectivity index (χ0v) is 9.58. The van der Waals surface area contributed by atoms with Gasteiger partial charge in [-0.05, 0) is 24.6 Å². The first-order chi connectivity index (χ1) is 8.05. The molecule has 1 aromatic carbocycles. The summed E-state index contributed by atoms with van der Waals surface area (Å²) in [5.41, 5.74) is -0.766. The second-order valence-electron chi connectivity index (χ2n) is 4.29. The van der Waals surface area contributed by atoms with Gasteiger partial charge < -0.3 is 9.53 Å². The summed E-state index contributed by atoms with van der Waals surface area (Å²) in [4.78, 5) is 10.5. The Labute approximate surface area is 98.6 Å². The molecule has 1 aromatic rings. The van der Waals surface area contributed by atoms with Gasteiger partial charge in [-0.1, -0.05) is 12.1 Å². The zero-order valence-electron chi connectivity index (χ0n) is 9.58. The molecule has 0 heterocycles. The standard InChI is InChI=1S/C13H14F2O2/c1-2-17-11-5-3-10(4-6-11)12(7-8-16)9-13(12,14)15/h3-6,8H,2,7,9H2,1H3. The monoisotopic (exact) mass is 240 g/mol. The predicted molar refractivity (Wildman–Crippen MR) is 59.5 cm³/mol. The van der Waals surface area contributed by atoms with Crippen LogP contribution in [0.5, 0.6) is 5.75 Å². The van der Waals surface area contributed by atoms with Crippen molar-refractivity contribution in [3.05, 3.63) is 29.8 Å². The molecular formula is C13H14F2O2. The lowest BCUT2D eigenvalue weighted by Crippen LogP contribution is -2.17. The second kappa shape index (κ2) is 4.09. The molecule has 4 heteroatoms. The molecule has 0 radical (unpaired) electrons. The molecule has 2 rings (SSSR count). The lowest BCUT2D eigenvalue weighted by Gasteiger charge is -2.14. The van der Waals surface area contributed by atoms with E-state index in [1.54, 1.807) is 24.3 Å². The summed E-state index contributed by atoms with van der Waals surface area (Å²) in [7, 11) is 0. The molecule has 17 heavy (non-hydrogen) atoms. The topological polar surface area (TPSA) is 26.3 Å². The normalized spacial score (nSPS) is 25.4. The highest BCUT2D eigenvalue weighted by atomic mass is 19.3. The number of alkyl halides is 2. The number of aldehydes is 1. The van der Waals surface area contributed by atoms with E-state index in [-0.39, 0.29) is 12.8 Å². The van der Waals surface area contributed by atoms with Crippen LogP contribution in [0.4, 0.5) is 8.78 Å². The Balaban J connectivity index is 2.24. The van der Waals surface area contributed by atoms with Crippen molar-refractivity contribution in [2.24, 2.45) is 0 Å². The van der Waals surface area contributed by atoms with Gasteiger partial charge in [-0.15, -0.1) is 0 Å². The summed E-state index contributed by atoms with van der Waals surface area (Å²) < 4.78 is 32.0. The molecular weight excluding hydrogens is 226 g/mol. The molecule has 0 saturated heterocycles. The second-order valence-corrected chi connectivity index (χ2v) is 4.29. The van der Waals surface area contributed by atoms with E-state index in [0.29, 0.717) is 24.2 Å². The van der Waals surface area contributed by atoms with E-state index < -0.39 is 11.3 Å². The lowest BCUT2D eigenvalue weighted by molar-refractivity contribution is -0.109. The molecule has 0 spiro atoms. The lowest BCUT2D eigenvalue weighted by atomic mass is 9.92. The maximum Gasteiger partial charge on any atom is 0.259 e. The van der Waals surface area contributed by atoms with Gasteiger partial charge in [-0.3, -0.25) is 0 Å². The van der Waals surface area contributed by atoms with Crippen LogP contribution in [0.1, 0.15) is 25.3 Å². The summed E-state index contributed by atoms with van der Waals surface area (Å²) in [5.74, 6) is -2.11. The van der Waals surface area contributed by atoms with Crippen molar-refractivity contribution in [2.45, 2.75) is 31.1 Å². The highest BCUT2D eigenvalue weighted by Crippen LogP contribution is 2.63. The Morgan fingerprint density at radius 2 is 1.94 bits per heavy atom. The van der Waals surface area contributed by atoms with Crippen LogP contribution < -0.4 is 4.74 Å². The van der Waals surface area contributed by atoms with E-state index in [1.165, 1.54) is 0 Å². The number of halogens is 2. The van der Waals surface area contributed by atoms with E-state index in [4.69, 9.17) is 4.74 Å². The largest absolute Gasteiger partial charge is 0.494 e. The van der Waals surface area contributed by atoms with Crippen LogP contribution in [0.3, 0.4) is 0 Å². The molecule has 1 aliphatic carbocycles. The van der Waals surface area contributed by atoms with Gasteiger partial charge in [-0.25, -0.2) is 8.78 Å². The average molecular weight is 240 g/mol. The quantitative estimate of drug-likeness (QED) is 0.740. The summed E-state index contributed by atoms with van der Waals surface area (Å²) in [6, 6.07) is 6.57. The summed E-state index contributed by atoms with van der Waals surface area (Å²) >= 11 is 0. The van der Waals surface area contributed by atoms with Crippen molar-refractivity contribution in [1.82, 2.24) is 0 Å². The van der Waals surface area contributed by atoms with Gasteiger partial charge in [-0.2, -0.15) is 0 Å². The third-order valence-electron chi connectivity index (χ3n) is 3.25. The molecule has 92 valence electrons. The smallest absolute Gasteiger partial charge is 0.259 e. The highest BCUT2D eigenvalue weighted by Gasteiger charge is 2.71. The molecule has 2 nitrogen and oxygen atoms in total. The minimum atomic E-state index is -2.76. The van der Waals surface area contributed by atoms with Crippen LogP contribution in [0.25, 0.3) is 0 Å². The number of carbonyl (C=O) groups excluding carboxylic acids is 1. The minimum Gasteiger partial charge on any atom is -0.494 e. The predicted octanol–water partition coefficient (Wildman–Crippen LogP) is 2.95. The van der Waals surface area contributed by atoms with E-state index in [0.717, 1.165) is 0 Å². The summed E-state index contributed by atoms with van der Waals surface area (Å²) in [6.45, 7) is 2.39. The van der Waals surface area contributed by atoms with Crippen LogP contribution in [-0.2, 0) is 10.2 Å². The number of carbonyl (C=O) groups is 1. The summed E-state index contributed by atoms with van der Waals surface area (Å²) in [5, 5.41) is 0. The van der Waals surface area contributed by atoms with Crippen LogP contribution in [0.15, 0.2) is 24.3 Å². The Kier molecular flexibility index (Phi) is 2.89. The van der Waals surface area contributed by atoms with Crippen molar-refractivity contribution in [2.75, 3.05) is 6.61 Å². The van der Waals surface area contributed by atoms with Crippen molar-refractivity contribution in [3.8, 4) is 5.75 Å². The fraction of sp³-hybridized carbons (Fsp3) is 0.462. The molecule has 1 saturated carbocycles. The molecule has 1 unspecified atom stereocenters. The zero-order chi connectivity index (χ0) is 12.5.